The second kappa shape index (κ2) is 4.64. The highest BCUT2D eigenvalue weighted by Crippen LogP contribution is 2.24. The molecular formula is C11H13NO2. The Bertz CT molecular complexity index is 366. The van der Waals surface area contributed by atoms with Crippen molar-refractivity contribution < 1.29 is 9.47 Å². The Morgan fingerprint density at radius 1 is 1.36 bits per heavy atom. The number of hydrogen-bond donors (Lipinski definition) is 0. The van der Waals surface area contributed by atoms with Gasteiger partial charge in [-0.15, -0.1) is 0 Å². The summed E-state index contributed by atoms with van der Waals surface area (Å²) in [7, 11) is 3.23. The molecular weight excluding hydrogens is 178 g/mol. The van der Waals surface area contributed by atoms with E-state index in [1.54, 1.807) is 26.4 Å². The fraction of sp³-hybridized carbons (Fsp3) is 0.364. The normalized spacial score (nSPS) is 9.57. The molecule has 0 aromatic heterocycles. The Kier molecular flexibility index (Phi) is 3.49. The van der Waals surface area contributed by atoms with E-state index in [-0.39, 0.29) is 0 Å². The van der Waals surface area contributed by atoms with Crippen LogP contribution >= 0.6 is 0 Å². The lowest BCUT2D eigenvalue weighted by Gasteiger charge is -2.11. The molecule has 74 valence electrons. The van der Waals surface area contributed by atoms with Gasteiger partial charge >= 0.3 is 0 Å². The summed E-state index contributed by atoms with van der Waals surface area (Å²) < 4.78 is 10.2. The molecule has 0 radical (unpaired) electrons. The first-order valence-electron chi connectivity index (χ1n) is 4.30. The van der Waals surface area contributed by atoms with E-state index in [4.69, 9.17) is 14.7 Å². The van der Waals surface area contributed by atoms with Gasteiger partial charge in [0.1, 0.15) is 5.75 Å². The molecule has 0 unspecified atom stereocenters. The highest BCUT2D eigenvalue weighted by Gasteiger charge is 2.09. The molecule has 0 bridgehead atoms. The lowest BCUT2D eigenvalue weighted by atomic mass is 10.0. The molecule has 1 aromatic rings. The SMILES string of the molecule is COCc1c(C#N)ccc(OC)c1C. The van der Waals surface area contributed by atoms with Crippen LogP contribution in [0.4, 0.5) is 0 Å². The second-order valence-electron chi connectivity index (χ2n) is 2.96. The molecule has 3 heteroatoms. The van der Waals surface area contributed by atoms with Crippen LogP contribution in [0.15, 0.2) is 12.1 Å². The molecule has 0 N–H and O–H groups in total. The van der Waals surface area contributed by atoms with Gasteiger partial charge in [0.05, 0.1) is 25.3 Å². The number of ether oxygens (including phenoxy) is 2. The lowest BCUT2D eigenvalue weighted by molar-refractivity contribution is 0.184. The summed E-state index contributed by atoms with van der Waals surface area (Å²) >= 11 is 0. The Labute approximate surface area is 83.9 Å². The zero-order valence-electron chi connectivity index (χ0n) is 8.63. The highest BCUT2D eigenvalue weighted by atomic mass is 16.5. The first kappa shape index (κ1) is 10.6. The maximum atomic E-state index is 8.89. The molecule has 0 spiro atoms. The van der Waals surface area contributed by atoms with Gasteiger partial charge < -0.3 is 9.47 Å². The highest BCUT2D eigenvalue weighted by molar-refractivity contribution is 5.48. The average molecular weight is 191 g/mol. The summed E-state index contributed by atoms with van der Waals surface area (Å²) in [4.78, 5) is 0. The van der Waals surface area contributed by atoms with E-state index >= 15 is 0 Å². The van der Waals surface area contributed by atoms with Crippen LogP contribution in [0.3, 0.4) is 0 Å². The quantitative estimate of drug-likeness (QED) is 0.734. The Morgan fingerprint density at radius 2 is 2.07 bits per heavy atom. The molecule has 0 saturated carbocycles. The van der Waals surface area contributed by atoms with E-state index in [0.29, 0.717) is 12.2 Å². The minimum absolute atomic E-state index is 0.436. The molecule has 3 nitrogen and oxygen atoms in total. The maximum Gasteiger partial charge on any atom is 0.122 e. The van der Waals surface area contributed by atoms with Gasteiger partial charge in [-0.25, -0.2) is 0 Å². The van der Waals surface area contributed by atoms with Crippen molar-refractivity contribution in [3.63, 3.8) is 0 Å². The van der Waals surface area contributed by atoms with Crippen molar-refractivity contribution in [3.05, 3.63) is 28.8 Å². The van der Waals surface area contributed by atoms with E-state index in [2.05, 4.69) is 6.07 Å². The van der Waals surface area contributed by atoms with Gasteiger partial charge in [0.15, 0.2) is 0 Å². The molecule has 0 aliphatic carbocycles. The van der Waals surface area contributed by atoms with E-state index in [0.717, 1.165) is 16.9 Å². The van der Waals surface area contributed by atoms with E-state index in [9.17, 15) is 0 Å². The van der Waals surface area contributed by atoms with Gasteiger partial charge in [-0.05, 0) is 24.6 Å². The lowest BCUT2D eigenvalue weighted by Crippen LogP contribution is -1.99. The van der Waals surface area contributed by atoms with E-state index in [1.807, 2.05) is 6.92 Å². The molecule has 0 heterocycles. The van der Waals surface area contributed by atoms with Crippen molar-refractivity contribution in [1.82, 2.24) is 0 Å². The summed E-state index contributed by atoms with van der Waals surface area (Å²) in [6.45, 7) is 2.36. The van der Waals surface area contributed by atoms with Crippen LogP contribution in [0.2, 0.25) is 0 Å². The fourth-order valence-electron chi connectivity index (χ4n) is 1.39. The van der Waals surface area contributed by atoms with E-state index < -0.39 is 0 Å². The van der Waals surface area contributed by atoms with Crippen LogP contribution in [0.25, 0.3) is 0 Å². The third-order valence-electron chi connectivity index (χ3n) is 2.18. The number of nitrogens with zero attached hydrogens (tertiary/aromatic N) is 1. The van der Waals surface area contributed by atoms with Gasteiger partial charge in [-0.2, -0.15) is 5.26 Å². The molecule has 0 aliphatic rings. The smallest absolute Gasteiger partial charge is 0.122 e. The third kappa shape index (κ3) is 1.86. The predicted molar refractivity (Wildman–Crippen MR) is 53.2 cm³/mol. The minimum atomic E-state index is 0.436. The average Bonchev–Trinajstić information content (AvgIpc) is 2.21. The van der Waals surface area contributed by atoms with Crippen LogP contribution in [0.5, 0.6) is 5.75 Å². The Hall–Kier alpha value is -1.53. The molecule has 14 heavy (non-hydrogen) atoms. The van der Waals surface area contributed by atoms with Crippen molar-refractivity contribution >= 4 is 0 Å². The van der Waals surface area contributed by atoms with E-state index in [1.165, 1.54) is 0 Å². The van der Waals surface area contributed by atoms with Crippen molar-refractivity contribution in [2.75, 3.05) is 14.2 Å². The monoisotopic (exact) mass is 191 g/mol. The predicted octanol–water partition coefficient (Wildman–Crippen LogP) is 2.02. The number of hydrogen-bond acceptors (Lipinski definition) is 3. The maximum absolute atomic E-state index is 8.89. The van der Waals surface area contributed by atoms with Gasteiger partial charge in [-0.1, -0.05) is 0 Å². The molecule has 1 aromatic carbocycles. The topological polar surface area (TPSA) is 42.2 Å². The second-order valence-corrected chi connectivity index (χ2v) is 2.96. The van der Waals surface area contributed by atoms with Gasteiger partial charge in [0.25, 0.3) is 0 Å². The van der Waals surface area contributed by atoms with Crippen LogP contribution in [-0.4, -0.2) is 14.2 Å². The molecule has 0 amide bonds. The Morgan fingerprint density at radius 3 is 2.57 bits per heavy atom. The third-order valence-corrected chi connectivity index (χ3v) is 2.18. The first-order valence-corrected chi connectivity index (χ1v) is 4.30. The molecule has 1 rings (SSSR count). The summed E-state index contributed by atoms with van der Waals surface area (Å²) in [6.07, 6.45) is 0. The summed E-state index contributed by atoms with van der Waals surface area (Å²) in [6, 6.07) is 5.69. The number of benzene rings is 1. The molecule has 0 aliphatic heterocycles. The van der Waals surface area contributed by atoms with Crippen LogP contribution in [0, 0.1) is 18.3 Å². The largest absolute Gasteiger partial charge is 0.496 e. The molecule has 0 saturated heterocycles. The van der Waals surface area contributed by atoms with Crippen LogP contribution < -0.4 is 4.74 Å². The number of nitriles is 1. The molecule has 0 atom stereocenters. The number of rotatable bonds is 3. The Balaban J connectivity index is 3.25. The zero-order valence-corrected chi connectivity index (χ0v) is 8.63. The van der Waals surface area contributed by atoms with Crippen molar-refractivity contribution in [2.24, 2.45) is 0 Å². The van der Waals surface area contributed by atoms with Crippen molar-refractivity contribution in [3.8, 4) is 11.8 Å². The van der Waals surface area contributed by atoms with Crippen LogP contribution in [-0.2, 0) is 11.3 Å². The van der Waals surface area contributed by atoms with Crippen molar-refractivity contribution in [1.29, 1.82) is 5.26 Å². The fourth-order valence-corrected chi connectivity index (χ4v) is 1.39. The summed E-state index contributed by atoms with van der Waals surface area (Å²) in [5, 5.41) is 8.89. The van der Waals surface area contributed by atoms with Gasteiger partial charge in [-0.3, -0.25) is 0 Å². The minimum Gasteiger partial charge on any atom is -0.496 e. The summed E-state index contributed by atoms with van der Waals surface area (Å²) in [5.74, 6) is 0.788. The van der Waals surface area contributed by atoms with Crippen LogP contribution in [0.1, 0.15) is 16.7 Å². The first-order chi connectivity index (χ1) is 6.74. The van der Waals surface area contributed by atoms with Crippen molar-refractivity contribution in [2.45, 2.75) is 13.5 Å². The van der Waals surface area contributed by atoms with Gasteiger partial charge in [0.2, 0.25) is 0 Å². The molecule has 0 fully saturated rings. The van der Waals surface area contributed by atoms with Gasteiger partial charge in [0, 0.05) is 12.7 Å². The summed E-state index contributed by atoms with van der Waals surface area (Å²) in [5.41, 5.74) is 2.51. The zero-order chi connectivity index (χ0) is 10.6. The standard InChI is InChI=1S/C11H13NO2/c1-8-10(7-13-2)9(6-12)4-5-11(8)14-3/h4-5H,7H2,1-3H3. The number of methoxy groups -OCH3 is 2.